The zero-order valence-electron chi connectivity index (χ0n) is 22.7. The summed E-state index contributed by atoms with van der Waals surface area (Å²) in [6, 6.07) is 8.26. The molecule has 0 radical (unpaired) electrons. The Kier molecular flexibility index (Phi) is 7.07. The second-order valence-corrected chi connectivity index (χ2v) is 13.4. The number of piperidine rings is 1. The van der Waals surface area contributed by atoms with Crippen molar-refractivity contribution < 1.29 is 17.9 Å². The molecule has 39 heavy (non-hydrogen) atoms. The van der Waals surface area contributed by atoms with E-state index < -0.39 is 9.84 Å². The number of nitrogens with one attached hydrogen (secondary N) is 1. The molecular formula is C28H36N6O4S. The first-order valence-electron chi connectivity index (χ1n) is 13.7. The van der Waals surface area contributed by atoms with Gasteiger partial charge in [-0.3, -0.25) is 0 Å². The predicted octanol–water partition coefficient (Wildman–Crippen LogP) is 3.37. The second kappa shape index (κ2) is 10.5. The lowest BCUT2D eigenvalue weighted by Gasteiger charge is -2.41. The maximum absolute atomic E-state index is 11.7. The van der Waals surface area contributed by atoms with E-state index in [1.54, 1.807) is 6.20 Å². The van der Waals surface area contributed by atoms with Crippen LogP contribution in [-0.2, 0) is 19.3 Å². The van der Waals surface area contributed by atoms with Gasteiger partial charge in [0.25, 0.3) is 0 Å². The normalized spacial score (nSPS) is 22.2. The van der Waals surface area contributed by atoms with Gasteiger partial charge in [-0.15, -0.1) is 0 Å². The van der Waals surface area contributed by atoms with Crippen molar-refractivity contribution in [1.29, 1.82) is 0 Å². The number of hydrogen-bond donors (Lipinski definition) is 1. The summed E-state index contributed by atoms with van der Waals surface area (Å²) in [5.74, 6) is 2.81. The Morgan fingerprint density at radius 2 is 1.79 bits per heavy atom. The van der Waals surface area contributed by atoms with Gasteiger partial charge in [0.05, 0.1) is 25.1 Å². The Hall–Kier alpha value is -3.02. The lowest BCUT2D eigenvalue weighted by atomic mass is 9.93. The first kappa shape index (κ1) is 26.2. The highest BCUT2D eigenvalue weighted by atomic mass is 32.2. The van der Waals surface area contributed by atoms with Crippen LogP contribution < -0.4 is 15.1 Å². The maximum atomic E-state index is 11.7. The lowest BCUT2D eigenvalue weighted by molar-refractivity contribution is -0.144. The van der Waals surface area contributed by atoms with Crippen LogP contribution in [0, 0.1) is 5.92 Å². The molecule has 2 atom stereocenters. The van der Waals surface area contributed by atoms with Gasteiger partial charge in [0, 0.05) is 61.8 Å². The number of anilines is 4. The van der Waals surface area contributed by atoms with Gasteiger partial charge < -0.3 is 24.6 Å². The standard InChI is InChI=1S/C28H36N6O4S/c1-18(2)20-4-5-23(34-14-19(15-34)17-39(3,35)36)22-13-30-27(12-21(20)22)31-26-6-8-29-28(32-26)33-9-7-24-25(16-33)38-11-10-37-24/h4-6,8,12-13,18-19,24-25H,7,9-11,14-17H2,1-3H3,(H,29,30,31,32). The summed E-state index contributed by atoms with van der Waals surface area (Å²) in [6.07, 6.45) is 6.08. The third kappa shape index (κ3) is 5.66. The number of ether oxygens (including phenoxy) is 2. The molecule has 3 aliphatic heterocycles. The molecule has 2 unspecified atom stereocenters. The summed E-state index contributed by atoms with van der Waals surface area (Å²) >= 11 is 0. The van der Waals surface area contributed by atoms with Crippen LogP contribution in [-0.4, -0.2) is 87.0 Å². The van der Waals surface area contributed by atoms with Crippen LogP contribution in [0.2, 0.25) is 0 Å². The summed E-state index contributed by atoms with van der Waals surface area (Å²) in [4.78, 5) is 18.4. The van der Waals surface area contributed by atoms with Crippen molar-refractivity contribution in [3.05, 3.63) is 42.2 Å². The molecule has 3 aromatic rings. The highest BCUT2D eigenvalue weighted by Crippen LogP contribution is 2.37. The quantitative estimate of drug-likeness (QED) is 0.469. The Labute approximate surface area is 229 Å². The van der Waals surface area contributed by atoms with Gasteiger partial charge in [0.1, 0.15) is 27.6 Å². The Morgan fingerprint density at radius 1 is 1.00 bits per heavy atom. The van der Waals surface area contributed by atoms with Crippen molar-refractivity contribution in [2.75, 3.05) is 66.5 Å². The third-order valence-corrected chi connectivity index (χ3v) is 8.87. The Balaban J connectivity index is 1.22. The fourth-order valence-corrected chi connectivity index (χ4v) is 6.99. The highest BCUT2D eigenvalue weighted by Gasteiger charge is 2.34. The molecule has 10 nitrogen and oxygen atoms in total. The minimum absolute atomic E-state index is 0.0478. The minimum Gasteiger partial charge on any atom is -0.373 e. The molecular weight excluding hydrogens is 516 g/mol. The van der Waals surface area contributed by atoms with E-state index in [2.05, 4.69) is 52.1 Å². The summed E-state index contributed by atoms with van der Waals surface area (Å²) in [7, 11) is -2.97. The van der Waals surface area contributed by atoms with E-state index in [1.165, 1.54) is 11.8 Å². The van der Waals surface area contributed by atoms with Gasteiger partial charge >= 0.3 is 0 Å². The smallest absolute Gasteiger partial charge is 0.227 e. The van der Waals surface area contributed by atoms with Crippen molar-refractivity contribution in [2.45, 2.75) is 38.4 Å². The number of nitrogens with zero attached hydrogens (tertiary/aromatic N) is 5. The molecule has 0 bridgehead atoms. The molecule has 3 fully saturated rings. The number of sulfone groups is 1. The number of rotatable bonds is 7. The molecule has 2 aromatic heterocycles. The van der Waals surface area contributed by atoms with Crippen LogP contribution in [0.4, 0.5) is 23.3 Å². The third-order valence-electron chi connectivity index (χ3n) is 7.80. The number of benzene rings is 1. The zero-order chi connectivity index (χ0) is 27.1. The summed E-state index contributed by atoms with van der Waals surface area (Å²) in [5, 5.41) is 5.59. The van der Waals surface area contributed by atoms with Crippen molar-refractivity contribution in [3.8, 4) is 0 Å². The maximum Gasteiger partial charge on any atom is 0.227 e. The topological polar surface area (TPSA) is 110 Å². The summed E-state index contributed by atoms with van der Waals surface area (Å²) in [6.45, 7) is 8.68. The van der Waals surface area contributed by atoms with Crippen LogP contribution in [0.25, 0.3) is 10.8 Å². The van der Waals surface area contributed by atoms with Gasteiger partial charge in [0.15, 0.2) is 0 Å². The van der Waals surface area contributed by atoms with Crippen molar-refractivity contribution in [2.24, 2.45) is 5.92 Å². The molecule has 3 aliphatic rings. The van der Waals surface area contributed by atoms with Gasteiger partial charge in [-0.1, -0.05) is 19.9 Å². The first-order valence-corrected chi connectivity index (χ1v) is 15.7. The van der Waals surface area contributed by atoms with Crippen molar-refractivity contribution in [3.63, 3.8) is 0 Å². The van der Waals surface area contributed by atoms with Gasteiger partial charge in [-0.2, -0.15) is 4.98 Å². The number of hydrogen-bond acceptors (Lipinski definition) is 10. The average Bonchev–Trinajstić information content (AvgIpc) is 2.89. The van der Waals surface area contributed by atoms with Gasteiger partial charge in [0.2, 0.25) is 5.95 Å². The monoisotopic (exact) mass is 552 g/mol. The van der Waals surface area contributed by atoms with E-state index >= 15 is 0 Å². The number of aromatic nitrogens is 3. The average molecular weight is 553 g/mol. The molecule has 3 saturated heterocycles. The molecule has 11 heteroatoms. The molecule has 5 heterocycles. The fraction of sp³-hybridized carbons (Fsp3) is 0.536. The molecule has 0 amide bonds. The minimum atomic E-state index is -2.97. The molecule has 1 N–H and O–H groups in total. The van der Waals surface area contributed by atoms with E-state index in [9.17, 15) is 8.42 Å². The van der Waals surface area contributed by atoms with E-state index in [1.807, 2.05) is 12.3 Å². The first-order chi connectivity index (χ1) is 18.7. The van der Waals surface area contributed by atoms with E-state index in [0.717, 1.165) is 42.5 Å². The molecule has 0 spiro atoms. The molecule has 0 saturated carbocycles. The lowest BCUT2D eigenvalue weighted by Crippen LogP contribution is -2.52. The number of pyridine rings is 1. The van der Waals surface area contributed by atoms with Gasteiger partial charge in [-0.05, 0) is 41.5 Å². The molecule has 0 aliphatic carbocycles. The molecule has 6 rings (SSSR count). The number of fused-ring (bicyclic) bond motifs is 2. The van der Waals surface area contributed by atoms with Crippen LogP contribution in [0.1, 0.15) is 31.7 Å². The molecule has 208 valence electrons. The SMILES string of the molecule is CC(C)c1ccc(N2CC(CS(C)(=O)=O)C2)c2cnc(Nc3ccnc(N4CCC5OCCOC5C4)n3)cc12. The van der Waals surface area contributed by atoms with Crippen LogP contribution in [0.15, 0.2) is 36.7 Å². The van der Waals surface area contributed by atoms with Gasteiger partial charge in [-0.25, -0.2) is 18.4 Å². The Morgan fingerprint density at radius 3 is 2.56 bits per heavy atom. The zero-order valence-corrected chi connectivity index (χ0v) is 23.5. The van der Waals surface area contributed by atoms with E-state index in [-0.39, 0.29) is 23.9 Å². The van der Waals surface area contributed by atoms with E-state index in [0.29, 0.717) is 43.3 Å². The summed E-state index contributed by atoms with van der Waals surface area (Å²) < 4.78 is 35.2. The fourth-order valence-electron chi connectivity index (χ4n) is 5.92. The second-order valence-electron chi connectivity index (χ2n) is 11.2. The van der Waals surface area contributed by atoms with Crippen molar-refractivity contribution in [1.82, 2.24) is 15.0 Å². The summed E-state index contributed by atoms with van der Waals surface area (Å²) in [5.41, 5.74) is 2.34. The Bertz CT molecular complexity index is 1460. The highest BCUT2D eigenvalue weighted by molar-refractivity contribution is 7.90. The predicted molar refractivity (Wildman–Crippen MR) is 153 cm³/mol. The van der Waals surface area contributed by atoms with Crippen LogP contribution in [0.3, 0.4) is 0 Å². The van der Waals surface area contributed by atoms with Crippen LogP contribution in [0.5, 0.6) is 0 Å². The largest absolute Gasteiger partial charge is 0.373 e. The van der Waals surface area contributed by atoms with E-state index in [4.69, 9.17) is 19.4 Å². The van der Waals surface area contributed by atoms with Crippen molar-refractivity contribution >= 4 is 43.9 Å². The van der Waals surface area contributed by atoms with Crippen LogP contribution >= 0.6 is 0 Å². The molecule has 1 aromatic carbocycles.